The van der Waals surface area contributed by atoms with Gasteiger partial charge < -0.3 is 14.1 Å². The minimum atomic E-state index is -0.133. The lowest BCUT2D eigenvalue weighted by Crippen LogP contribution is -2.31. The summed E-state index contributed by atoms with van der Waals surface area (Å²) in [6, 6.07) is 18.7. The maximum Gasteiger partial charge on any atom is 0.290 e. The van der Waals surface area contributed by atoms with Crippen LogP contribution >= 0.6 is 0 Å². The molecule has 5 rings (SSSR count). The number of ether oxygens (including phenoxy) is 1. The Balaban J connectivity index is 1.33. The van der Waals surface area contributed by atoms with Crippen LogP contribution in [0.3, 0.4) is 0 Å². The number of furan rings is 1. The summed E-state index contributed by atoms with van der Waals surface area (Å²) in [7, 11) is 0. The summed E-state index contributed by atoms with van der Waals surface area (Å²) in [5.74, 6) is 2.34. The van der Waals surface area contributed by atoms with Gasteiger partial charge in [-0.25, -0.2) is 0 Å². The van der Waals surface area contributed by atoms with Crippen LogP contribution in [0.2, 0.25) is 0 Å². The molecule has 1 atom stereocenters. The molecule has 7 heteroatoms. The van der Waals surface area contributed by atoms with Gasteiger partial charge in [0.05, 0.1) is 6.04 Å². The molecule has 4 heterocycles. The van der Waals surface area contributed by atoms with Gasteiger partial charge in [-0.15, -0.1) is 10.2 Å². The highest BCUT2D eigenvalue weighted by Gasteiger charge is 2.35. The number of hydrogen-bond acceptors (Lipinski definition) is 5. The average Bonchev–Trinajstić information content (AvgIpc) is 3.51. The first-order valence-corrected chi connectivity index (χ1v) is 9.67. The number of benzene rings is 1. The van der Waals surface area contributed by atoms with Crippen LogP contribution < -0.4 is 4.74 Å². The molecular formula is C22H20N4O3. The van der Waals surface area contributed by atoms with Crippen LogP contribution in [-0.4, -0.2) is 31.9 Å². The van der Waals surface area contributed by atoms with Crippen molar-refractivity contribution in [3.8, 4) is 5.75 Å². The smallest absolute Gasteiger partial charge is 0.290 e. The molecule has 1 amide bonds. The lowest BCUT2D eigenvalue weighted by atomic mass is 10.2. The third-order valence-corrected chi connectivity index (χ3v) is 5.15. The molecule has 1 aliphatic rings. The third kappa shape index (κ3) is 3.35. The Bertz CT molecular complexity index is 1140. The highest BCUT2D eigenvalue weighted by molar-refractivity contribution is 5.92. The first kappa shape index (κ1) is 17.5. The van der Waals surface area contributed by atoms with Crippen LogP contribution in [0.4, 0.5) is 0 Å². The van der Waals surface area contributed by atoms with Gasteiger partial charge in [0.25, 0.3) is 5.91 Å². The zero-order chi connectivity index (χ0) is 19.6. The summed E-state index contributed by atoms with van der Waals surface area (Å²) >= 11 is 0. The second kappa shape index (κ2) is 7.43. The summed E-state index contributed by atoms with van der Waals surface area (Å²) in [6.45, 7) is 0.942. The van der Waals surface area contributed by atoms with Crippen molar-refractivity contribution in [3.63, 3.8) is 0 Å². The molecule has 0 radical (unpaired) electrons. The molecule has 4 aromatic rings. The van der Waals surface area contributed by atoms with E-state index in [4.69, 9.17) is 9.15 Å². The molecule has 7 nitrogen and oxygen atoms in total. The summed E-state index contributed by atoms with van der Waals surface area (Å²) < 4.78 is 13.4. The van der Waals surface area contributed by atoms with Crippen LogP contribution in [0.1, 0.15) is 41.0 Å². The van der Waals surface area contributed by atoms with E-state index in [1.54, 1.807) is 12.1 Å². The molecule has 0 saturated carbocycles. The maximum atomic E-state index is 13.1. The highest BCUT2D eigenvalue weighted by atomic mass is 16.5. The molecule has 0 bridgehead atoms. The fourth-order valence-corrected chi connectivity index (χ4v) is 3.75. The second-order valence-electron chi connectivity index (χ2n) is 7.01. The van der Waals surface area contributed by atoms with Crippen LogP contribution in [0, 0.1) is 0 Å². The van der Waals surface area contributed by atoms with E-state index in [2.05, 4.69) is 10.2 Å². The predicted octanol–water partition coefficient (Wildman–Crippen LogP) is 3.88. The molecule has 1 fully saturated rings. The first-order chi connectivity index (χ1) is 14.3. The van der Waals surface area contributed by atoms with Crippen molar-refractivity contribution < 1.29 is 13.9 Å². The van der Waals surface area contributed by atoms with Crippen molar-refractivity contribution in [1.29, 1.82) is 0 Å². The van der Waals surface area contributed by atoms with Crippen molar-refractivity contribution in [2.45, 2.75) is 25.5 Å². The van der Waals surface area contributed by atoms with E-state index in [0.29, 0.717) is 18.1 Å². The fourth-order valence-electron chi connectivity index (χ4n) is 3.75. The van der Waals surface area contributed by atoms with Gasteiger partial charge in [-0.1, -0.05) is 24.3 Å². The Morgan fingerprint density at radius 3 is 2.83 bits per heavy atom. The van der Waals surface area contributed by atoms with E-state index in [0.717, 1.165) is 30.1 Å². The molecular weight excluding hydrogens is 368 g/mol. The Labute approximate surface area is 167 Å². The monoisotopic (exact) mass is 388 g/mol. The van der Waals surface area contributed by atoms with Gasteiger partial charge in [0, 0.05) is 12.7 Å². The second-order valence-corrected chi connectivity index (χ2v) is 7.01. The number of pyridine rings is 1. The van der Waals surface area contributed by atoms with Gasteiger partial charge in [-0.05, 0) is 49.2 Å². The largest absolute Gasteiger partial charge is 0.486 e. The molecule has 3 aromatic heterocycles. The lowest BCUT2D eigenvalue weighted by Gasteiger charge is -2.22. The molecule has 1 aromatic carbocycles. The average molecular weight is 388 g/mol. The quantitative estimate of drug-likeness (QED) is 0.519. The van der Waals surface area contributed by atoms with Crippen LogP contribution in [0.25, 0.3) is 5.65 Å². The van der Waals surface area contributed by atoms with E-state index in [1.165, 1.54) is 0 Å². The number of nitrogens with zero attached hydrogens (tertiary/aromatic N) is 4. The topological polar surface area (TPSA) is 72.9 Å². The van der Waals surface area contributed by atoms with Crippen molar-refractivity contribution in [2.75, 3.05) is 6.54 Å². The number of carbonyl (C=O) groups excluding carboxylic acids is 1. The minimum absolute atomic E-state index is 0.117. The SMILES string of the molecule is O=C(c1ccc(COc2ccccc2)o1)N1CCCC1c1nnc2ccccn12. The van der Waals surface area contributed by atoms with Crippen molar-refractivity contribution in [1.82, 2.24) is 19.5 Å². The van der Waals surface area contributed by atoms with Crippen LogP contribution in [-0.2, 0) is 6.61 Å². The van der Waals surface area contributed by atoms with Crippen LogP contribution in [0.15, 0.2) is 71.3 Å². The zero-order valence-corrected chi connectivity index (χ0v) is 15.8. The normalized spacial score (nSPS) is 16.4. The van der Waals surface area contributed by atoms with E-state index < -0.39 is 0 Å². The van der Waals surface area contributed by atoms with Crippen molar-refractivity contribution in [3.05, 3.63) is 84.2 Å². The van der Waals surface area contributed by atoms with Gasteiger partial charge >= 0.3 is 0 Å². The Morgan fingerprint density at radius 1 is 1.07 bits per heavy atom. The number of amides is 1. The van der Waals surface area contributed by atoms with Crippen LogP contribution in [0.5, 0.6) is 5.75 Å². The number of carbonyl (C=O) groups is 1. The van der Waals surface area contributed by atoms with E-state index >= 15 is 0 Å². The number of hydrogen-bond donors (Lipinski definition) is 0. The number of para-hydroxylation sites is 1. The van der Waals surface area contributed by atoms with Gasteiger partial charge in [-0.2, -0.15) is 0 Å². The molecule has 1 unspecified atom stereocenters. The Hall–Kier alpha value is -3.61. The summed E-state index contributed by atoms with van der Waals surface area (Å²) in [4.78, 5) is 14.9. The fraction of sp³-hybridized carbons (Fsp3) is 0.227. The molecule has 29 heavy (non-hydrogen) atoms. The number of likely N-dealkylation sites (tertiary alicyclic amines) is 1. The standard InChI is InChI=1S/C22H20N4O3/c27-22(19-12-11-17(29-19)15-28-16-7-2-1-3-8-16)25-14-6-9-18(25)21-24-23-20-10-4-5-13-26(20)21/h1-5,7-8,10-13,18H,6,9,14-15H2. The Kier molecular flexibility index (Phi) is 4.48. The van der Waals surface area contributed by atoms with Gasteiger partial charge in [0.2, 0.25) is 0 Å². The molecule has 0 N–H and O–H groups in total. The number of aromatic nitrogens is 3. The minimum Gasteiger partial charge on any atom is -0.486 e. The van der Waals surface area contributed by atoms with Gasteiger partial charge in [0.15, 0.2) is 17.2 Å². The maximum absolute atomic E-state index is 13.1. The molecule has 0 spiro atoms. The van der Waals surface area contributed by atoms with Crippen molar-refractivity contribution >= 4 is 11.6 Å². The molecule has 1 aliphatic heterocycles. The molecule has 146 valence electrons. The predicted molar refractivity (Wildman–Crippen MR) is 105 cm³/mol. The first-order valence-electron chi connectivity index (χ1n) is 9.67. The van der Waals surface area contributed by atoms with Crippen molar-refractivity contribution in [2.24, 2.45) is 0 Å². The van der Waals surface area contributed by atoms with Gasteiger partial charge in [0.1, 0.15) is 18.1 Å². The Morgan fingerprint density at radius 2 is 1.93 bits per heavy atom. The lowest BCUT2D eigenvalue weighted by molar-refractivity contribution is 0.0692. The zero-order valence-electron chi connectivity index (χ0n) is 15.8. The van der Waals surface area contributed by atoms with E-state index in [1.807, 2.05) is 64.0 Å². The summed E-state index contributed by atoms with van der Waals surface area (Å²) in [6.07, 6.45) is 3.70. The highest BCUT2D eigenvalue weighted by Crippen LogP contribution is 2.32. The van der Waals surface area contributed by atoms with E-state index in [-0.39, 0.29) is 18.6 Å². The number of fused-ring (bicyclic) bond motifs is 1. The van der Waals surface area contributed by atoms with E-state index in [9.17, 15) is 4.79 Å². The number of rotatable bonds is 5. The summed E-state index contributed by atoms with van der Waals surface area (Å²) in [5.41, 5.74) is 0.778. The molecule has 0 aliphatic carbocycles. The van der Waals surface area contributed by atoms with Gasteiger partial charge in [-0.3, -0.25) is 9.20 Å². The summed E-state index contributed by atoms with van der Waals surface area (Å²) in [5, 5.41) is 8.56. The third-order valence-electron chi connectivity index (χ3n) is 5.15. The molecule has 1 saturated heterocycles.